The summed E-state index contributed by atoms with van der Waals surface area (Å²) in [4.78, 5) is 25.8. The van der Waals surface area contributed by atoms with Gasteiger partial charge in [0.25, 0.3) is 5.91 Å². The molecular weight excluding hydrogens is 351 g/mol. The number of nitrogens with zero attached hydrogens (tertiary/aromatic N) is 3. The van der Waals surface area contributed by atoms with E-state index in [1.165, 1.54) is 24.3 Å². The summed E-state index contributed by atoms with van der Waals surface area (Å²) in [5, 5.41) is 10.4. The lowest BCUT2D eigenvalue weighted by Gasteiger charge is -2.10. The quantitative estimate of drug-likeness (QED) is 0.701. The molecule has 3 aromatic rings. The second-order valence-corrected chi connectivity index (χ2v) is 6.12. The summed E-state index contributed by atoms with van der Waals surface area (Å²) in [7, 11) is 0. The van der Waals surface area contributed by atoms with Crippen LogP contribution in [0.25, 0.3) is 11.5 Å². The minimum Gasteiger partial charge on any atom is -0.419 e. The number of carbonyl (C=O) groups is 2. The average molecular weight is 366 g/mol. The Balaban J connectivity index is 1.45. The average Bonchev–Trinajstić information content (AvgIpc) is 3.24. The molecule has 1 aromatic heterocycles. The number of aromatic nitrogens is 2. The summed E-state index contributed by atoms with van der Waals surface area (Å²) in [5.74, 6) is -0.399. The molecule has 0 spiro atoms. The number of nitrogens with one attached hydrogen (secondary N) is 1. The third kappa shape index (κ3) is 3.55. The van der Waals surface area contributed by atoms with Crippen LogP contribution in [0.2, 0.25) is 0 Å². The highest BCUT2D eigenvalue weighted by molar-refractivity contribution is 6.04. The van der Waals surface area contributed by atoms with E-state index in [1.54, 1.807) is 0 Å². The van der Waals surface area contributed by atoms with E-state index in [2.05, 4.69) is 15.5 Å². The lowest BCUT2D eigenvalue weighted by Crippen LogP contribution is -2.32. The monoisotopic (exact) mass is 366 g/mol. The van der Waals surface area contributed by atoms with Gasteiger partial charge in [-0.3, -0.25) is 9.69 Å². The summed E-state index contributed by atoms with van der Waals surface area (Å²) in [6, 6.07) is 13.9. The molecule has 0 radical (unpaired) electrons. The molecule has 1 aliphatic heterocycles. The number of imide groups is 1. The molecule has 2 heterocycles. The van der Waals surface area contributed by atoms with Crippen molar-refractivity contribution in [1.82, 2.24) is 20.4 Å². The first-order valence-electron chi connectivity index (χ1n) is 8.34. The van der Waals surface area contributed by atoms with Gasteiger partial charge in [0.2, 0.25) is 11.8 Å². The van der Waals surface area contributed by atoms with Gasteiger partial charge in [-0.05, 0) is 29.8 Å². The summed E-state index contributed by atoms with van der Waals surface area (Å²) in [6.07, 6.45) is 0.409. The molecule has 2 aromatic carbocycles. The van der Waals surface area contributed by atoms with E-state index in [4.69, 9.17) is 4.42 Å². The van der Waals surface area contributed by atoms with Crippen molar-refractivity contribution in [2.75, 3.05) is 0 Å². The van der Waals surface area contributed by atoms with E-state index < -0.39 is 12.1 Å². The highest BCUT2D eigenvalue weighted by atomic mass is 19.1. The topological polar surface area (TPSA) is 88.3 Å². The van der Waals surface area contributed by atoms with E-state index in [-0.39, 0.29) is 30.1 Å². The summed E-state index contributed by atoms with van der Waals surface area (Å²) >= 11 is 0. The van der Waals surface area contributed by atoms with Gasteiger partial charge < -0.3 is 9.73 Å². The zero-order chi connectivity index (χ0) is 18.8. The molecule has 8 heteroatoms. The van der Waals surface area contributed by atoms with Crippen LogP contribution >= 0.6 is 0 Å². The van der Waals surface area contributed by atoms with Crippen molar-refractivity contribution >= 4 is 11.9 Å². The van der Waals surface area contributed by atoms with E-state index >= 15 is 0 Å². The number of carbonyl (C=O) groups excluding carboxylic acids is 2. The van der Waals surface area contributed by atoms with Gasteiger partial charge in [-0.15, -0.1) is 10.2 Å². The Labute approximate surface area is 153 Å². The molecule has 1 aliphatic rings. The number of halogens is 1. The van der Waals surface area contributed by atoms with Crippen molar-refractivity contribution < 1.29 is 18.4 Å². The zero-order valence-corrected chi connectivity index (χ0v) is 14.1. The van der Waals surface area contributed by atoms with E-state index in [0.717, 1.165) is 10.5 Å². The maximum Gasteiger partial charge on any atom is 0.325 e. The maximum absolute atomic E-state index is 13.0. The van der Waals surface area contributed by atoms with E-state index in [0.29, 0.717) is 12.0 Å². The van der Waals surface area contributed by atoms with Crippen LogP contribution < -0.4 is 5.32 Å². The fraction of sp³-hybridized carbons (Fsp3) is 0.158. The van der Waals surface area contributed by atoms with Crippen LogP contribution in [0.15, 0.2) is 59.0 Å². The normalized spacial score (nSPS) is 16.6. The molecule has 136 valence electrons. The molecule has 0 bridgehead atoms. The highest BCUT2D eigenvalue weighted by Gasteiger charge is 2.38. The minimum absolute atomic E-state index is 0.121. The Kier molecular flexibility index (Phi) is 4.37. The summed E-state index contributed by atoms with van der Waals surface area (Å²) < 4.78 is 18.5. The van der Waals surface area contributed by atoms with Gasteiger partial charge in [0.15, 0.2) is 0 Å². The maximum atomic E-state index is 13.0. The van der Waals surface area contributed by atoms with Crippen molar-refractivity contribution in [3.63, 3.8) is 0 Å². The number of hydrogen-bond acceptors (Lipinski definition) is 5. The number of rotatable bonds is 5. The third-order valence-corrected chi connectivity index (χ3v) is 4.24. The van der Waals surface area contributed by atoms with Gasteiger partial charge in [-0.25, -0.2) is 9.18 Å². The van der Waals surface area contributed by atoms with Crippen molar-refractivity contribution in [1.29, 1.82) is 0 Å². The van der Waals surface area contributed by atoms with Gasteiger partial charge in [0.05, 0.1) is 0 Å². The molecule has 7 nitrogen and oxygen atoms in total. The SMILES string of the molecule is O=C1N[C@@H](Cc2ccccc2)C(=O)N1Cc1nnc(-c2ccc(F)cc2)o1. The van der Waals surface area contributed by atoms with Gasteiger partial charge in [-0.2, -0.15) is 0 Å². The predicted octanol–water partition coefficient (Wildman–Crippen LogP) is 2.54. The number of amides is 3. The van der Waals surface area contributed by atoms with Crippen LogP contribution in [-0.2, 0) is 17.8 Å². The first-order chi connectivity index (χ1) is 13.1. The van der Waals surface area contributed by atoms with Gasteiger partial charge in [0, 0.05) is 12.0 Å². The fourth-order valence-corrected chi connectivity index (χ4v) is 2.88. The van der Waals surface area contributed by atoms with Crippen molar-refractivity contribution in [2.24, 2.45) is 0 Å². The summed E-state index contributed by atoms with van der Waals surface area (Å²) in [5.41, 5.74) is 1.50. The first-order valence-corrected chi connectivity index (χ1v) is 8.34. The van der Waals surface area contributed by atoms with Crippen molar-refractivity contribution in [2.45, 2.75) is 19.0 Å². The molecule has 0 saturated carbocycles. The standard InChI is InChI=1S/C19H15FN4O3/c20-14-8-6-13(7-9-14)17-23-22-16(27-17)11-24-18(25)15(21-19(24)26)10-12-4-2-1-3-5-12/h1-9,15H,10-11H2,(H,21,26)/t15-/m0/s1. The second kappa shape index (κ2) is 6.99. The Bertz CT molecular complexity index is 972. The Hall–Kier alpha value is -3.55. The molecule has 0 aliphatic carbocycles. The summed E-state index contributed by atoms with van der Waals surface area (Å²) in [6.45, 7) is -0.121. The molecule has 4 rings (SSSR count). The van der Waals surface area contributed by atoms with Gasteiger partial charge in [0.1, 0.15) is 18.4 Å². The largest absolute Gasteiger partial charge is 0.419 e. The van der Waals surface area contributed by atoms with Crippen LogP contribution in [0.1, 0.15) is 11.5 Å². The molecule has 27 heavy (non-hydrogen) atoms. The number of urea groups is 1. The van der Waals surface area contributed by atoms with Crippen LogP contribution in [0, 0.1) is 5.82 Å². The van der Waals surface area contributed by atoms with Crippen LogP contribution in [0.3, 0.4) is 0 Å². The molecule has 1 saturated heterocycles. The molecular formula is C19H15FN4O3. The van der Waals surface area contributed by atoms with Crippen LogP contribution in [0.5, 0.6) is 0 Å². The van der Waals surface area contributed by atoms with E-state index in [9.17, 15) is 14.0 Å². The van der Waals surface area contributed by atoms with Crippen molar-refractivity contribution in [3.05, 3.63) is 71.9 Å². The lowest BCUT2D eigenvalue weighted by molar-refractivity contribution is -0.128. The molecule has 1 atom stereocenters. The molecule has 1 N–H and O–H groups in total. The van der Waals surface area contributed by atoms with Gasteiger partial charge in [-0.1, -0.05) is 30.3 Å². The van der Waals surface area contributed by atoms with Gasteiger partial charge >= 0.3 is 6.03 Å². The zero-order valence-electron chi connectivity index (χ0n) is 14.1. The van der Waals surface area contributed by atoms with E-state index in [1.807, 2.05) is 30.3 Å². The smallest absolute Gasteiger partial charge is 0.325 e. The first kappa shape index (κ1) is 16.9. The Morgan fingerprint density at radius 2 is 1.78 bits per heavy atom. The predicted molar refractivity (Wildman–Crippen MR) is 92.7 cm³/mol. The number of hydrogen-bond donors (Lipinski definition) is 1. The highest BCUT2D eigenvalue weighted by Crippen LogP contribution is 2.20. The molecule has 3 amide bonds. The fourth-order valence-electron chi connectivity index (χ4n) is 2.88. The minimum atomic E-state index is -0.626. The molecule has 1 fully saturated rings. The third-order valence-electron chi connectivity index (χ3n) is 4.24. The van der Waals surface area contributed by atoms with Crippen molar-refractivity contribution in [3.8, 4) is 11.5 Å². The number of benzene rings is 2. The second-order valence-electron chi connectivity index (χ2n) is 6.12. The molecule has 0 unspecified atom stereocenters. The Morgan fingerprint density at radius 1 is 1.04 bits per heavy atom. The lowest BCUT2D eigenvalue weighted by atomic mass is 10.1. The van der Waals surface area contributed by atoms with Crippen LogP contribution in [-0.4, -0.2) is 33.1 Å². The van der Waals surface area contributed by atoms with Crippen LogP contribution in [0.4, 0.5) is 9.18 Å². The Morgan fingerprint density at radius 3 is 2.52 bits per heavy atom.